The number of sulfone groups is 1. The molecule has 3 aromatic rings. The van der Waals surface area contributed by atoms with E-state index in [0.29, 0.717) is 4.90 Å². The molecule has 3 rings (SSSR count). The van der Waals surface area contributed by atoms with Gasteiger partial charge >= 0.3 is 0 Å². The molecule has 0 bridgehead atoms. The van der Waals surface area contributed by atoms with Crippen molar-refractivity contribution in [1.82, 2.24) is 4.98 Å². The van der Waals surface area contributed by atoms with E-state index in [0.717, 1.165) is 26.7 Å². The molecule has 0 unspecified atom stereocenters. The number of rotatable bonds is 4. The number of benzene rings is 2. The lowest BCUT2D eigenvalue weighted by molar-refractivity contribution is 0.586. The second kappa shape index (κ2) is 7.17. The van der Waals surface area contributed by atoms with E-state index in [1.54, 1.807) is 42.5 Å². The van der Waals surface area contributed by atoms with Crippen LogP contribution in [-0.2, 0) is 15.3 Å². The van der Waals surface area contributed by atoms with Crippen molar-refractivity contribution in [3.63, 3.8) is 0 Å². The molecule has 0 aliphatic rings. The van der Waals surface area contributed by atoms with Crippen molar-refractivity contribution >= 4 is 21.2 Å². The third kappa shape index (κ3) is 4.12. The van der Waals surface area contributed by atoms with Crippen molar-refractivity contribution in [3.8, 4) is 21.7 Å². The first kappa shape index (κ1) is 19.7. The van der Waals surface area contributed by atoms with E-state index in [1.165, 1.54) is 12.1 Å². The monoisotopic (exact) mass is 403 g/mol. The Morgan fingerprint density at radius 2 is 1.52 bits per heavy atom. The van der Waals surface area contributed by atoms with Gasteiger partial charge in [0, 0.05) is 11.0 Å². The van der Waals surface area contributed by atoms with Crippen LogP contribution in [0.5, 0.6) is 0 Å². The van der Waals surface area contributed by atoms with Gasteiger partial charge in [0.25, 0.3) is 0 Å². The van der Waals surface area contributed by atoms with Gasteiger partial charge < -0.3 is 0 Å². The van der Waals surface area contributed by atoms with Crippen LogP contribution in [0.3, 0.4) is 0 Å². The Morgan fingerprint density at radius 3 is 2.04 bits per heavy atom. The summed E-state index contributed by atoms with van der Waals surface area (Å²) in [5.74, 6) is -0.220. The van der Waals surface area contributed by atoms with Gasteiger partial charge in [0.15, 0.2) is 9.84 Å². The lowest BCUT2D eigenvalue weighted by atomic mass is 9.98. The summed E-state index contributed by atoms with van der Waals surface area (Å²) in [6.45, 7) is 7.93. The van der Waals surface area contributed by atoms with Crippen LogP contribution in [0.15, 0.2) is 53.4 Å². The van der Waals surface area contributed by atoms with Gasteiger partial charge in [-0.25, -0.2) is 17.8 Å². The van der Waals surface area contributed by atoms with Gasteiger partial charge in [-0.3, -0.25) is 0 Å². The third-order valence-corrected chi connectivity index (χ3v) is 7.52. The Labute approximate surface area is 163 Å². The largest absolute Gasteiger partial charge is 0.240 e. The molecule has 27 heavy (non-hydrogen) atoms. The maximum atomic E-state index is 13.3. The molecule has 6 heteroatoms. The fourth-order valence-electron chi connectivity index (χ4n) is 2.62. The first-order valence-corrected chi connectivity index (χ1v) is 11.2. The Bertz CT molecular complexity index is 1050. The highest BCUT2D eigenvalue weighted by Gasteiger charge is 2.23. The summed E-state index contributed by atoms with van der Waals surface area (Å²) in [6, 6.07) is 13.2. The zero-order chi connectivity index (χ0) is 19.8. The first-order chi connectivity index (χ1) is 12.6. The van der Waals surface area contributed by atoms with Gasteiger partial charge in [-0.05, 0) is 42.0 Å². The summed E-state index contributed by atoms with van der Waals surface area (Å²) in [7, 11) is -3.24. The molecular weight excluding hydrogens is 381 g/mol. The Kier molecular flexibility index (Phi) is 5.23. The number of nitrogens with zero attached hydrogens (tertiary/aromatic N) is 1. The molecule has 0 fully saturated rings. The minimum atomic E-state index is -3.24. The standard InChI is InChI=1S/C21H22FNO2S2/c1-5-27(24,25)17-12-8-15(9-13-17)19-18(14-6-10-16(22)11-7-14)23-20(26-19)21(2,3)4/h6-13H,5H2,1-4H3. The summed E-state index contributed by atoms with van der Waals surface area (Å²) >= 11 is 1.58. The molecule has 3 nitrogen and oxygen atoms in total. The zero-order valence-electron chi connectivity index (χ0n) is 15.8. The predicted octanol–water partition coefficient (Wildman–Crippen LogP) is 5.71. The molecule has 0 aliphatic heterocycles. The van der Waals surface area contributed by atoms with Crippen LogP contribution >= 0.6 is 11.3 Å². The van der Waals surface area contributed by atoms with Crippen LogP contribution in [0, 0.1) is 5.82 Å². The highest BCUT2D eigenvalue weighted by atomic mass is 32.2. The smallest absolute Gasteiger partial charge is 0.178 e. The van der Waals surface area contributed by atoms with Gasteiger partial charge in [0.2, 0.25) is 0 Å². The van der Waals surface area contributed by atoms with Crippen molar-refractivity contribution in [2.45, 2.75) is 38.0 Å². The number of halogens is 1. The highest BCUT2D eigenvalue weighted by molar-refractivity contribution is 7.91. The molecular formula is C21H22FNO2S2. The second-order valence-electron chi connectivity index (χ2n) is 7.38. The van der Waals surface area contributed by atoms with Crippen LogP contribution < -0.4 is 0 Å². The highest BCUT2D eigenvalue weighted by Crippen LogP contribution is 2.40. The molecule has 0 saturated heterocycles. The van der Waals surface area contributed by atoms with E-state index in [4.69, 9.17) is 4.98 Å². The molecule has 0 amide bonds. The third-order valence-electron chi connectivity index (χ3n) is 4.24. The molecule has 0 atom stereocenters. The van der Waals surface area contributed by atoms with Crippen molar-refractivity contribution in [2.75, 3.05) is 5.75 Å². The molecule has 0 radical (unpaired) electrons. The molecule has 0 aliphatic carbocycles. The van der Waals surface area contributed by atoms with Gasteiger partial charge in [-0.1, -0.05) is 39.8 Å². The molecule has 0 saturated carbocycles. The normalized spacial score (nSPS) is 12.3. The zero-order valence-corrected chi connectivity index (χ0v) is 17.4. The van der Waals surface area contributed by atoms with Crippen LogP contribution in [0.2, 0.25) is 0 Å². The van der Waals surface area contributed by atoms with Crippen LogP contribution in [0.4, 0.5) is 4.39 Å². The van der Waals surface area contributed by atoms with E-state index in [1.807, 2.05) is 12.1 Å². The fourth-order valence-corrected chi connectivity index (χ4v) is 4.65. The summed E-state index contributed by atoms with van der Waals surface area (Å²) in [5, 5.41) is 0.974. The average Bonchev–Trinajstić information content (AvgIpc) is 3.08. The fraction of sp³-hybridized carbons (Fsp3) is 0.286. The lowest BCUT2D eigenvalue weighted by Gasteiger charge is -2.13. The van der Waals surface area contributed by atoms with Crippen LogP contribution in [0.1, 0.15) is 32.7 Å². The number of hydrogen-bond donors (Lipinski definition) is 0. The molecule has 0 spiro atoms. The topological polar surface area (TPSA) is 47.0 Å². The molecule has 1 heterocycles. The molecule has 0 N–H and O–H groups in total. The van der Waals surface area contributed by atoms with Gasteiger partial charge in [-0.2, -0.15) is 0 Å². The van der Waals surface area contributed by atoms with Crippen LogP contribution in [-0.4, -0.2) is 19.2 Å². The van der Waals surface area contributed by atoms with E-state index in [-0.39, 0.29) is 17.0 Å². The van der Waals surface area contributed by atoms with Crippen molar-refractivity contribution in [2.24, 2.45) is 0 Å². The van der Waals surface area contributed by atoms with E-state index >= 15 is 0 Å². The van der Waals surface area contributed by atoms with E-state index in [2.05, 4.69) is 20.8 Å². The number of hydrogen-bond acceptors (Lipinski definition) is 4. The maximum Gasteiger partial charge on any atom is 0.178 e. The molecule has 1 aromatic heterocycles. The SMILES string of the molecule is CCS(=O)(=O)c1ccc(-c2sc(C(C)(C)C)nc2-c2ccc(F)cc2)cc1. The summed E-state index contributed by atoms with van der Waals surface area (Å²) < 4.78 is 37.5. The Balaban J connectivity index is 2.14. The minimum absolute atomic E-state index is 0.0713. The van der Waals surface area contributed by atoms with Crippen LogP contribution in [0.25, 0.3) is 21.7 Å². The summed E-state index contributed by atoms with van der Waals surface area (Å²) in [5.41, 5.74) is 2.40. The van der Waals surface area contributed by atoms with Crippen molar-refractivity contribution < 1.29 is 12.8 Å². The Morgan fingerprint density at radius 1 is 0.963 bits per heavy atom. The van der Waals surface area contributed by atoms with E-state index < -0.39 is 9.84 Å². The second-order valence-corrected chi connectivity index (χ2v) is 10.7. The first-order valence-electron chi connectivity index (χ1n) is 8.72. The minimum Gasteiger partial charge on any atom is -0.240 e. The lowest BCUT2D eigenvalue weighted by Crippen LogP contribution is -2.10. The quantitative estimate of drug-likeness (QED) is 0.561. The predicted molar refractivity (Wildman–Crippen MR) is 109 cm³/mol. The van der Waals surface area contributed by atoms with Gasteiger partial charge in [-0.15, -0.1) is 11.3 Å². The van der Waals surface area contributed by atoms with Gasteiger partial charge in [0.05, 0.1) is 26.2 Å². The summed E-state index contributed by atoms with van der Waals surface area (Å²) in [6.07, 6.45) is 0. The van der Waals surface area contributed by atoms with Gasteiger partial charge in [0.1, 0.15) is 5.82 Å². The van der Waals surface area contributed by atoms with E-state index in [9.17, 15) is 12.8 Å². The molecule has 2 aromatic carbocycles. The summed E-state index contributed by atoms with van der Waals surface area (Å²) in [4.78, 5) is 6.09. The van der Waals surface area contributed by atoms with Crippen molar-refractivity contribution in [1.29, 1.82) is 0 Å². The molecule has 142 valence electrons. The average molecular weight is 404 g/mol. The number of aromatic nitrogens is 1. The van der Waals surface area contributed by atoms with Crippen molar-refractivity contribution in [3.05, 3.63) is 59.4 Å². The maximum absolute atomic E-state index is 13.3. The number of thiazole rings is 1. The Hall–Kier alpha value is -2.05.